The summed E-state index contributed by atoms with van der Waals surface area (Å²) in [5.74, 6) is -0.419. The highest BCUT2D eigenvalue weighted by atomic mass is 35.5. The molecular weight excluding hydrogens is 701 g/mol. The third kappa shape index (κ3) is 9.49. The number of carbonyl (C=O) groups excluding carboxylic acids is 1. The van der Waals surface area contributed by atoms with Crippen molar-refractivity contribution in [2.24, 2.45) is 5.92 Å². The zero-order chi connectivity index (χ0) is 36.9. The van der Waals surface area contributed by atoms with Gasteiger partial charge in [-0.25, -0.2) is 0 Å². The van der Waals surface area contributed by atoms with E-state index in [4.69, 9.17) is 16.3 Å². The molecule has 2 fully saturated rings. The molecule has 1 aromatic heterocycles. The van der Waals surface area contributed by atoms with Crippen molar-refractivity contribution >= 4 is 46.5 Å². The number of anilines is 5. The lowest BCUT2D eigenvalue weighted by atomic mass is 10.1. The fourth-order valence-electron chi connectivity index (χ4n) is 6.15. The number of nitrogens with one attached hydrogen (secondary N) is 5. The van der Waals surface area contributed by atoms with Gasteiger partial charge >= 0.3 is 12.2 Å². The van der Waals surface area contributed by atoms with Crippen LogP contribution in [0.1, 0.15) is 74.2 Å². The van der Waals surface area contributed by atoms with Crippen molar-refractivity contribution < 1.29 is 22.7 Å². The summed E-state index contributed by atoms with van der Waals surface area (Å²) in [6.45, 7) is 1.03. The van der Waals surface area contributed by atoms with Crippen LogP contribution < -0.4 is 42.2 Å². The molecule has 0 bridgehead atoms. The number of nitrogens with zero attached hydrogens (tertiary/aromatic N) is 3. The van der Waals surface area contributed by atoms with Crippen molar-refractivity contribution in [1.29, 1.82) is 0 Å². The van der Waals surface area contributed by atoms with Crippen molar-refractivity contribution in [2.75, 3.05) is 41.0 Å². The standard InChI is InChI=1S/C36H40ClF3N8O4/c1-21(18-41-27-28(30(50)29(27)49)43-25-6-4-2-3-5-7-25)19-42-31(51)22-8-14-26(15-9-22)44-32-45-33(47-34(46-32)52-20-36(38,39)40)48-35(16-17-35)23-10-12-24(37)13-11-23/h8-15,21,25,41,43H,2-7,16-20H2,1H3,(H,42,51)(H2,44,45,46,47,48). The fraction of sp³-hybridized carbons (Fsp3) is 0.444. The molecule has 3 aromatic carbocycles. The Morgan fingerprint density at radius 3 is 2.21 bits per heavy atom. The number of carbonyl (C=O) groups is 1. The van der Waals surface area contributed by atoms with Crippen LogP contribution in [0, 0.1) is 5.92 Å². The summed E-state index contributed by atoms with van der Waals surface area (Å²) >= 11 is 6.04. The molecular formula is C36H40ClF3N8O4. The van der Waals surface area contributed by atoms with Crippen molar-refractivity contribution in [2.45, 2.75) is 76.0 Å². The maximum atomic E-state index is 12.9. The van der Waals surface area contributed by atoms with Crippen molar-refractivity contribution in [3.05, 3.63) is 85.1 Å². The van der Waals surface area contributed by atoms with Crippen LogP contribution in [0.2, 0.25) is 5.02 Å². The van der Waals surface area contributed by atoms with Gasteiger partial charge in [-0.15, -0.1) is 0 Å². The Morgan fingerprint density at radius 1 is 0.904 bits per heavy atom. The zero-order valence-electron chi connectivity index (χ0n) is 28.5. The average molecular weight is 741 g/mol. The number of ether oxygens (including phenoxy) is 1. The largest absolute Gasteiger partial charge is 0.454 e. The summed E-state index contributed by atoms with van der Waals surface area (Å²) in [6, 6.07) is 13.3. The van der Waals surface area contributed by atoms with Crippen LogP contribution in [-0.4, -0.2) is 52.8 Å². The molecule has 16 heteroatoms. The summed E-state index contributed by atoms with van der Waals surface area (Å²) in [6.07, 6.45) is 3.41. The lowest BCUT2D eigenvalue weighted by Gasteiger charge is -2.22. The first-order valence-electron chi connectivity index (χ1n) is 17.4. The van der Waals surface area contributed by atoms with Gasteiger partial charge in [0.2, 0.25) is 11.9 Å². The number of amides is 1. The molecule has 52 heavy (non-hydrogen) atoms. The smallest absolute Gasteiger partial charge is 0.422 e. The minimum atomic E-state index is -4.60. The third-order valence-corrected chi connectivity index (χ3v) is 9.49. The molecule has 2 aliphatic carbocycles. The SMILES string of the molecule is CC(CNC(=O)c1ccc(Nc2nc(NC3(c4ccc(Cl)cc4)CC3)nc(OCC(F)(F)F)n2)cc1)CNc1c(NC2CCCCCC2)c(=O)c1=O. The number of rotatable bonds is 15. The lowest BCUT2D eigenvalue weighted by Crippen LogP contribution is -2.40. The number of alkyl halides is 3. The van der Waals surface area contributed by atoms with Gasteiger partial charge in [0, 0.05) is 35.4 Å². The first kappa shape index (κ1) is 36.9. The molecule has 0 spiro atoms. The van der Waals surface area contributed by atoms with Crippen LogP contribution in [0.15, 0.2) is 58.1 Å². The summed E-state index contributed by atoms with van der Waals surface area (Å²) in [5.41, 5.74) is 0.909. The molecule has 5 N–H and O–H groups in total. The number of benzene rings is 2. The molecule has 2 aliphatic rings. The van der Waals surface area contributed by atoms with E-state index in [1.54, 1.807) is 36.4 Å². The molecule has 276 valence electrons. The number of aromatic nitrogens is 3. The van der Waals surface area contributed by atoms with E-state index in [9.17, 15) is 27.6 Å². The normalized spacial score (nSPS) is 16.4. The van der Waals surface area contributed by atoms with Crippen LogP contribution in [0.4, 0.5) is 42.1 Å². The van der Waals surface area contributed by atoms with Gasteiger partial charge in [-0.1, -0.05) is 56.3 Å². The van der Waals surface area contributed by atoms with E-state index in [0.29, 0.717) is 40.7 Å². The topological polar surface area (TPSA) is 159 Å². The van der Waals surface area contributed by atoms with Crippen LogP contribution in [0.25, 0.3) is 0 Å². The van der Waals surface area contributed by atoms with Gasteiger partial charge in [0.25, 0.3) is 16.8 Å². The Bertz CT molecular complexity index is 1920. The van der Waals surface area contributed by atoms with E-state index in [1.807, 2.05) is 19.1 Å². The minimum Gasteiger partial charge on any atom is -0.454 e. The minimum absolute atomic E-state index is 0.0263. The van der Waals surface area contributed by atoms with E-state index >= 15 is 0 Å². The van der Waals surface area contributed by atoms with Gasteiger partial charge in [0.1, 0.15) is 11.4 Å². The lowest BCUT2D eigenvalue weighted by molar-refractivity contribution is -0.154. The Morgan fingerprint density at radius 2 is 1.56 bits per heavy atom. The molecule has 0 aliphatic heterocycles. The first-order chi connectivity index (χ1) is 24.9. The maximum Gasteiger partial charge on any atom is 0.422 e. The molecule has 4 aromatic rings. The van der Waals surface area contributed by atoms with Gasteiger partial charge in [0.05, 0.1) is 5.54 Å². The van der Waals surface area contributed by atoms with Crippen LogP contribution in [-0.2, 0) is 5.54 Å². The summed E-state index contributed by atoms with van der Waals surface area (Å²) in [7, 11) is 0. The quantitative estimate of drug-likeness (QED) is 0.0667. The monoisotopic (exact) mass is 740 g/mol. The van der Waals surface area contributed by atoms with Crippen LogP contribution in [0.3, 0.4) is 0 Å². The van der Waals surface area contributed by atoms with Gasteiger partial charge in [-0.05, 0) is 73.6 Å². The predicted octanol–water partition coefficient (Wildman–Crippen LogP) is 6.52. The Kier molecular flexibility index (Phi) is 11.2. The highest BCUT2D eigenvalue weighted by Gasteiger charge is 2.45. The second-order valence-corrected chi connectivity index (χ2v) is 14.0. The van der Waals surface area contributed by atoms with Crippen molar-refractivity contribution in [3.63, 3.8) is 0 Å². The molecule has 0 saturated heterocycles. The van der Waals surface area contributed by atoms with Gasteiger partial charge in [-0.2, -0.15) is 28.1 Å². The number of hydrogen-bond acceptors (Lipinski definition) is 11. The van der Waals surface area contributed by atoms with Crippen molar-refractivity contribution in [1.82, 2.24) is 20.3 Å². The Hall–Kier alpha value is -4.92. The average Bonchev–Trinajstić information content (AvgIpc) is 3.94. The summed E-state index contributed by atoms with van der Waals surface area (Å²) in [4.78, 5) is 49.9. The number of hydrogen-bond donors (Lipinski definition) is 5. The van der Waals surface area contributed by atoms with E-state index in [1.165, 1.54) is 12.8 Å². The van der Waals surface area contributed by atoms with Crippen molar-refractivity contribution in [3.8, 4) is 6.01 Å². The molecule has 12 nitrogen and oxygen atoms in total. The first-order valence-corrected chi connectivity index (χ1v) is 17.7. The second-order valence-electron chi connectivity index (χ2n) is 13.5. The summed E-state index contributed by atoms with van der Waals surface area (Å²) < 4.78 is 43.7. The Labute approximate surface area is 303 Å². The van der Waals surface area contributed by atoms with Crippen LogP contribution >= 0.6 is 11.6 Å². The zero-order valence-corrected chi connectivity index (χ0v) is 29.3. The molecule has 1 atom stereocenters. The molecule has 1 heterocycles. The second kappa shape index (κ2) is 15.8. The van der Waals surface area contributed by atoms with Gasteiger partial charge < -0.3 is 31.3 Å². The predicted molar refractivity (Wildman–Crippen MR) is 194 cm³/mol. The van der Waals surface area contributed by atoms with Gasteiger partial charge in [0.15, 0.2) is 6.61 Å². The molecule has 0 radical (unpaired) electrons. The highest BCUT2D eigenvalue weighted by molar-refractivity contribution is 6.30. The van der Waals surface area contributed by atoms with E-state index < -0.39 is 35.2 Å². The Balaban J connectivity index is 1.04. The summed E-state index contributed by atoms with van der Waals surface area (Å²) in [5, 5.41) is 16.0. The maximum absolute atomic E-state index is 12.9. The van der Waals surface area contributed by atoms with E-state index in [0.717, 1.165) is 44.1 Å². The third-order valence-electron chi connectivity index (χ3n) is 9.23. The van der Waals surface area contributed by atoms with Gasteiger partial charge in [-0.3, -0.25) is 14.4 Å². The molecule has 2 saturated carbocycles. The number of halogens is 4. The highest BCUT2D eigenvalue weighted by Crippen LogP contribution is 2.48. The van der Waals surface area contributed by atoms with Crippen LogP contribution in [0.5, 0.6) is 6.01 Å². The molecule has 1 unspecified atom stereocenters. The van der Waals surface area contributed by atoms with E-state index in [-0.39, 0.29) is 29.8 Å². The fourth-order valence-corrected chi connectivity index (χ4v) is 6.28. The molecule has 1 amide bonds. The molecule has 6 rings (SSSR count). The van der Waals surface area contributed by atoms with E-state index in [2.05, 4.69) is 41.5 Å².